The van der Waals surface area contributed by atoms with Gasteiger partial charge in [-0.1, -0.05) is 0 Å². The van der Waals surface area contributed by atoms with Gasteiger partial charge >= 0.3 is 0 Å². The first-order chi connectivity index (χ1) is 12.0. The van der Waals surface area contributed by atoms with E-state index in [1.54, 1.807) is 43.3 Å². The number of ether oxygens (including phenoxy) is 2. The van der Waals surface area contributed by atoms with Crippen LogP contribution in [0.15, 0.2) is 24.3 Å². The van der Waals surface area contributed by atoms with Crippen molar-refractivity contribution in [2.24, 2.45) is 0 Å². The number of carbonyl (C=O) groups excluding carboxylic acids is 3. The standard InChI is InChI=1S/C17H23N3O5/c1-19(2)15(21)11-18-17(23)13-3-5-14(6-4-13)25-12-16(22)20-7-9-24-10-8-20/h3-6H,7-12H2,1-2H3,(H,18,23). The van der Waals surface area contributed by atoms with Crippen LogP contribution in [0.25, 0.3) is 0 Å². The van der Waals surface area contributed by atoms with E-state index in [0.717, 1.165) is 0 Å². The normalized spacial score (nSPS) is 13.9. The van der Waals surface area contributed by atoms with Crippen molar-refractivity contribution in [1.82, 2.24) is 15.1 Å². The van der Waals surface area contributed by atoms with E-state index < -0.39 is 0 Å². The molecule has 0 saturated carbocycles. The summed E-state index contributed by atoms with van der Waals surface area (Å²) in [6.45, 7) is 2.14. The largest absolute Gasteiger partial charge is 0.484 e. The summed E-state index contributed by atoms with van der Waals surface area (Å²) in [5, 5.41) is 2.55. The molecular formula is C17H23N3O5. The zero-order chi connectivity index (χ0) is 18.2. The molecule has 0 bridgehead atoms. The zero-order valence-corrected chi connectivity index (χ0v) is 14.5. The zero-order valence-electron chi connectivity index (χ0n) is 14.5. The number of nitrogens with zero attached hydrogens (tertiary/aromatic N) is 2. The number of hydrogen-bond acceptors (Lipinski definition) is 5. The van der Waals surface area contributed by atoms with Gasteiger partial charge in [-0.2, -0.15) is 0 Å². The van der Waals surface area contributed by atoms with Crippen LogP contribution >= 0.6 is 0 Å². The molecule has 0 unspecified atom stereocenters. The van der Waals surface area contributed by atoms with E-state index in [4.69, 9.17) is 9.47 Å². The number of amides is 3. The Morgan fingerprint density at radius 3 is 2.40 bits per heavy atom. The van der Waals surface area contributed by atoms with Crippen LogP contribution in [0.5, 0.6) is 5.75 Å². The van der Waals surface area contributed by atoms with E-state index in [1.165, 1.54) is 4.90 Å². The predicted octanol–water partition coefficient (Wildman–Crippen LogP) is -0.258. The van der Waals surface area contributed by atoms with Crippen LogP contribution in [0.2, 0.25) is 0 Å². The summed E-state index contributed by atoms with van der Waals surface area (Å²) < 4.78 is 10.7. The second-order valence-electron chi connectivity index (χ2n) is 5.78. The number of benzene rings is 1. The highest BCUT2D eigenvalue weighted by molar-refractivity contribution is 5.96. The van der Waals surface area contributed by atoms with Gasteiger partial charge in [0, 0.05) is 32.7 Å². The quantitative estimate of drug-likeness (QED) is 0.765. The third kappa shape index (κ3) is 5.75. The van der Waals surface area contributed by atoms with Gasteiger partial charge in [0.05, 0.1) is 19.8 Å². The van der Waals surface area contributed by atoms with Gasteiger partial charge < -0.3 is 24.6 Å². The third-order valence-corrected chi connectivity index (χ3v) is 3.74. The van der Waals surface area contributed by atoms with Gasteiger partial charge in [0.2, 0.25) is 5.91 Å². The van der Waals surface area contributed by atoms with Crippen LogP contribution in [0.1, 0.15) is 10.4 Å². The van der Waals surface area contributed by atoms with Crippen LogP contribution in [-0.4, -0.2) is 81.1 Å². The number of carbonyl (C=O) groups is 3. The molecule has 1 aromatic carbocycles. The van der Waals surface area contributed by atoms with Crippen molar-refractivity contribution in [3.05, 3.63) is 29.8 Å². The third-order valence-electron chi connectivity index (χ3n) is 3.74. The lowest BCUT2D eigenvalue weighted by Gasteiger charge is -2.26. The minimum Gasteiger partial charge on any atom is -0.484 e. The van der Waals surface area contributed by atoms with Crippen molar-refractivity contribution in [2.45, 2.75) is 0 Å². The van der Waals surface area contributed by atoms with Crippen molar-refractivity contribution in [3.8, 4) is 5.75 Å². The average Bonchev–Trinajstić information content (AvgIpc) is 2.64. The SMILES string of the molecule is CN(C)C(=O)CNC(=O)c1ccc(OCC(=O)N2CCOCC2)cc1. The molecule has 1 heterocycles. The molecule has 1 N–H and O–H groups in total. The highest BCUT2D eigenvalue weighted by atomic mass is 16.5. The topological polar surface area (TPSA) is 88.2 Å². The number of morpholine rings is 1. The van der Waals surface area contributed by atoms with Gasteiger partial charge in [0.1, 0.15) is 5.75 Å². The molecule has 2 rings (SSSR count). The fourth-order valence-electron chi connectivity index (χ4n) is 2.17. The van der Waals surface area contributed by atoms with E-state index in [-0.39, 0.29) is 30.9 Å². The Balaban J connectivity index is 1.79. The highest BCUT2D eigenvalue weighted by Gasteiger charge is 2.17. The van der Waals surface area contributed by atoms with Gasteiger partial charge in [0.15, 0.2) is 6.61 Å². The molecule has 1 fully saturated rings. The van der Waals surface area contributed by atoms with E-state index >= 15 is 0 Å². The molecule has 0 atom stereocenters. The van der Waals surface area contributed by atoms with Crippen LogP contribution < -0.4 is 10.1 Å². The van der Waals surface area contributed by atoms with Crippen molar-refractivity contribution < 1.29 is 23.9 Å². The summed E-state index contributed by atoms with van der Waals surface area (Å²) in [6, 6.07) is 6.42. The van der Waals surface area contributed by atoms with E-state index in [1.807, 2.05) is 0 Å². The molecule has 0 spiro atoms. The maximum Gasteiger partial charge on any atom is 0.260 e. The maximum atomic E-state index is 12.0. The van der Waals surface area contributed by atoms with E-state index in [0.29, 0.717) is 37.6 Å². The fourth-order valence-corrected chi connectivity index (χ4v) is 2.17. The summed E-state index contributed by atoms with van der Waals surface area (Å²) in [5.41, 5.74) is 0.415. The summed E-state index contributed by atoms with van der Waals surface area (Å²) in [4.78, 5) is 38.5. The molecule has 8 heteroatoms. The first kappa shape index (κ1) is 18.7. The van der Waals surface area contributed by atoms with Gasteiger partial charge in [-0.3, -0.25) is 14.4 Å². The van der Waals surface area contributed by atoms with E-state index in [2.05, 4.69) is 5.32 Å². The Morgan fingerprint density at radius 1 is 1.16 bits per heavy atom. The average molecular weight is 349 g/mol. The molecule has 0 aromatic heterocycles. The molecule has 0 radical (unpaired) electrons. The molecule has 3 amide bonds. The number of hydrogen-bond donors (Lipinski definition) is 1. The molecule has 1 aliphatic heterocycles. The molecule has 1 aromatic rings. The lowest BCUT2D eigenvalue weighted by Crippen LogP contribution is -2.42. The fraction of sp³-hybridized carbons (Fsp3) is 0.471. The molecule has 8 nitrogen and oxygen atoms in total. The minimum atomic E-state index is -0.342. The lowest BCUT2D eigenvalue weighted by atomic mass is 10.2. The number of likely N-dealkylation sites (N-methyl/N-ethyl adjacent to an activating group) is 1. The van der Waals surface area contributed by atoms with Crippen molar-refractivity contribution in [3.63, 3.8) is 0 Å². The van der Waals surface area contributed by atoms with Crippen LogP contribution in [-0.2, 0) is 14.3 Å². The van der Waals surface area contributed by atoms with Crippen molar-refractivity contribution in [2.75, 3.05) is 53.6 Å². The molecule has 1 aliphatic rings. The lowest BCUT2D eigenvalue weighted by molar-refractivity contribution is -0.137. The second-order valence-corrected chi connectivity index (χ2v) is 5.78. The predicted molar refractivity (Wildman–Crippen MR) is 90.4 cm³/mol. The Morgan fingerprint density at radius 2 is 1.80 bits per heavy atom. The molecule has 0 aliphatic carbocycles. The number of rotatable bonds is 6. The summed E-state index contributed by atoms with van der Waals surface area (Å²) in [6.07, 6.45) is 0. The van der Waals surface area contributed by atoms with Crippen LogP contribution in [0.4, 0.5) is 0 Å². The monoisotopic (exact) mass is 349 g/mol. The van der Waals surface area contributed by atoms with Gasteiger partial charge in [-0.15, -0.1) is 0 Å². The second kappa shape index (κ2) is 9.03. The molecule has 25 heavy (non-hydrogen) atoms. The number of nitrogens with one attached hydrogen (secondary N) is 1. The highest BCUT2D eigenvalue weighted by Crippen LogP contribution is 2.12. The van der Waals surface area contributed by atoms with Crippen LogP contribution in [0, 0.1) is 0 Å². The Hall–Kier alpha value is -2.61. The minimum absolute atomic E-state index is 0.0527. The summed E-state index contributed by atoms with van der Waals surface area (Å²) in [7, 11) is 3.25. The van der Waals surface area contributed by atoms with E-state index in [9.17, 15) is 14.4 Å². The first-order valence-corrected chi connectivity index (χ1v) is 8.04. The van der Waals surface area contributed by atoms with Gasteiger partial charge in [-0.05, 0) is 24.3 Å². The Labute approximate surface area is 146 Å². The van der Waals surface area contributed by atoms with Gasteiger partial charge in [-0.25, -0.2) is 0 Å². The Kier molecular flexibility index (Phi) is 6.76. The smallest absolute Gasteiger partial charge is 0.260 e. The summed E-state index contributed by atoms with van der Waals surface area (Å²) in [5.74, 6) is -0.115. The van der Waals surface area contributed by atoms with Gasteiger partial charge in [0.25, 0.3) is 11.8 Å². The Bertz CT molecular complexity index is 609. The molecular weight excluding hydrogens is 326 g/mol. The molecule has 136 valence electrons. The van der Waals surface area contributed by atoms with Crippen LogP contribution in [0.3, 0.4) is 0 Å². The molecule has 1 saturated heterocycles. The first-order valence-electron chi connectivity index (χ1n) is 8.04. The van der Waals surface area contributed by atoms with Crippen molar-refractivity contribution >= 4 is 17.7 Å². The summed E-state index contributed by atoms with van der Waals surface area (Å²) >= 11 is 0. The maximum absolute atomic E-state index is 12.0. The van der Waals surface area contributed by atoms with Crippen molar-refractivity contribution in [1.29, 1.82) is 0 Å².